The van der Waals surface area contributed by atoms with Crippen LogP contribution in [-0.2, 0) is 4.79 Å². The first-order valence-electron chi connectivity index (χ1n) is 6.86. The average molecular weight is 329 g/mol. The molecule has 3 heteroatoms. The number of hydrogen-bond acceptors (Lipinski definition) is 2. The number of halogens is 1. The van der Waals surface area contributed by atoms with Crippen molar-refractivity contribution in [1.82, 2.24) is 0 Å². The highest BCUT2D eigenvalue weighted by molar-refractivity contribution is 7.98. The summed E-state index contributed by atoms with van der Waals surface area (Å²) < 4.78 is 0. The Labute approximate surface area is 140 Å². The summed E-state index contributed by atoms with van der Waals surface area (Å²) in [5.41, 5.74) is 3.09. The molecule has 0 bridgehead atoms. The summed E-state index contributed by atoms with van der Waals surface area (Å²) in [7, 11) is 0. The molecule has 0 saturated heterocycles. The van der Waals surface area contributed by atoms with Gasteiger partial charge in [-0.05, 0) is 35.6 Å². The predicted molar refractivity (Wildman–Crippen MR) is 98.3 cm³/mol. The minimum absolute atomic E-state index is 0.0181. The molecule has 0 aliphatic carbocycles. The quantitative estimate of drug-likeness (QED) is 0.524. The van der Waals surface area contributed by atoms with Gasteiger partial charge in [0.2, 0.25) is 0 Å². The van der Waals surface area contributed by atoms with Crippen LogP contribution in [-0.4, -0.2) is 17.8 Å². The molecule has 0 heterocycles. The van der Waals surface area contributed by atoms with Gasteiger partial charge < -0.3 is 0 Å². The Morgan fingerprint density at radius 1 is 1.14 bits per heavy atom. The zero-order valence-corrected chi connectivity index (χ0v) is 14.0. The number of hydrogen-bond donors (Lipinski definition) is 0. The van der Waals surface area contributed by atoms with E-state index in [0.717, 1.165) is 11.1 Å². The Kier molecular flexibility index (Phi) is 6.05. The van der Waals surface area contributed by atoms with E-state index in [1.54, 1.807) is 11.8 Å². The predicted octanol–water partition coefficient (Wildman–Crippen LogP) is 5.37. The van der Waals surface area contributed by atoms with Crippen molar-refractivity contribution >= 4 is 40.8 Å². The normalized spacial score (nSPS) is 11.3. The van der Waals surface area contributed by atoms with E-state index >= 15 is 0 Å². The molecule has 0 fully saturated rings. The Balaban J connectivity index is 2.44. The summed E-state index contributed by atoms with van der Waals surface area (Å²) in [4.78, 5) is 12.7. The largest absolute Gasteiger partial charge is 0.289 e. The van der Waals surface area contributed by atoms with Crippen molar-refractivity contribution in [1.29, 1.82) is 0 Å². The fourth-order valence-electron chi connectivity index (χ4n) is 2.05. The summed E-state index contributed by atoms with van der Waals surface area (Å²) in [6.07, 6.45) is 3.85. The molecule has 22 heavy (non-hydrogen) atoms. The lowest BCUT2D eigenvalue weighted by Gasteiger charge is -2.09. The van der Waals surface area contributed by atoms with E-state index in [1.165, 1.54) is 0 Å². The van der Waals surface area contributed by atoms with Gasteiger partial charge in [0.05, 0.1) is 0 Å². The van der Waals surface area contributed by atoms with E-state index in [1.807, 2.05) is 66.9 Å². The van der Waals surface area contributed by atoms with E-state index in [4.69, 9.17) is 11.6 Å². The fourth-order valence-corrected chi connectivity index (χ4v) is 2.66. The smallest absolute Gasteiger partial charge is 0.189 e. The highest BCUT2D eigenvalue weighted by Crippen LogP contribution is 2.23. The molecule has 2 rings (SSSR count). The molecule has 0 aromatic heterocycles. The van der Waals surface area contributed by atoms with Crippen molar-refractivity contribution < 1.29 is 4.79 Å². The van der Waals surface area contributed by atoms with Crippen LogP contribution in [0.15, 0.2) is 66.7 Å². The number of ketones is 1. The summed E-state index contributed by atoms with van der Waals surface area (Å²) in [6, 6.07) is 17.1. The lowest BCUT2D eigenvalue weighted by atomic mass is 9.96. The Bertz CT molecular complexity index is 687. The number of allylic oxidation sites excluding steroid dienone is 1. The van der Waals surface area contributed by atoms with Crippen LogP contribution in [0, 0.1) is 0 Å². The number of benzene rings is 2. The van der Waals surface area contributed by atoms with Crippen molar-refractivity contribution in [2.24, 2.45) is 0 Å². The first-order valence-corrected chi connectivity index (χ1v) is 8.63. The number of Topliss-reactive ketones (excluding diaryl/α,β-unsaturated/α-hetero) is 1. The maximum atomic E-state index is 12.7. The molecule has 0 aliphatic rings. The highest BCUT2D eigenvalue weighted by Gasteiger charge is 2.15. The van der Waals surface area contributed by atoms with Crippen LogP contribution < -0.4 is 0 Å². The van der Waals surface area contributed by atoms with Crippen molar-refractivity contribution in [3.63, 3.8) is 0 Å². The van der Waals surface area contributed by atoms with E-state index < -0.39 is 0 Å². The third-order valence-corrected chi connectivity index (χ3v) is 4.04. The summed E-state index contributed by atoms with van der Waals surface area (Å²) in [5, 5.41) is 0.677. The summed E-state index contributed by atoms with van der Waals surface area (Å²) in [6.45, 7) is 3.91. The minimum atomic E-state index is -0.0181. The third kappa shape index (κ3) is 4.36. The number of carbonyl (C=O) groups excluding carboxylic acids is 1. The van der Waals surface area contributed by atoms with E-state index in [-0.39, 0.29) is 5.78 Å². The van der Waals surface area contributed by atoms with Gasteiger partial charge in [0.25, 0.3) is 0 Å². The van der Waals surface area contributed by atoms with Gasteiger partial charge in [0.1, 0.15) is 0 Å². The molecule has 2 aromatic carbocycles. The summed E-state index contributed by atoms with van der Waals surface area (Å²) in [5.74, 6) is 0.611. The van der Waals surface area contributed by atoms with Gasteiger partial charge in [-0.25, -0.2) is 0 Å². The topological polar surface area (TPSA) is 17.1 Å². The second kappa shape index (κ2) is 8.02. The Morgan fingerprint density at radius 3 is 2.36 bits per heavy atom. The van der Waals surface area contributed by atoms with Crippen LogP contribution in [0.5, 0.6) is 0 Å². The van der Waals surface area contributed by atoms with Gasteiger partial charge in [-0.1, -0.05) is 60.6 Å². The number of thioether (sulfide) groups is 1. The van der Waals surface area contributed by atoms with Crippen LogP contribution in [0.3, 0.4) is 0 Å². The second-order valence-electron chi connectivity index (χ2n) is 4.84. The maximum absolute atomic E-state index is 12.7. The van der Waals surface area contributed by atoms with Crippen LogP contribution in [0.1, 0.15) is 11.1 Å². The molecular weight excluding hydrogens is 312 g/mol. The van der Waals surface area contributed by atoms with Crippen LogP contribution in [0.25, 0.3) is 11.6 Å². The Morgan fingerprint density at radius 2 is 1.77 bits per heavy atom. The lowest BCUT2D eigenvalue weighted by Crippen LogP contribution is -2.06. The van der Waals surface area contributed by atoms with Gasteiger partial charge in [0.15, 0.2) is 5.78 Å². The van der Waals surface area contributed by atoms with E-state index in [0.29, 0.717) is 21.9 Å². The molecule has 1 nitrogen and oxygen atoms in total. The highest BCUT2D eigenvalue weighted by atomic mass is 35.5. The van der Waals surface area contributed by atoms with Gasteiger partial charge in [-0.3, -0.25) is 4.79 Å². The van der Waals surface area contributed by atoms with Gasteiger partial charge in [-0.15, -0.1) is 0 Å². The van der Waals surface area contributed by atoms with Crippen LogP contribution >= 0.6 is 23.4 Å². The average Bonchev–Trinajstić information content (AvgIpc) is 2.55. The molecular formula is C19H17ClOS. The monoisotopic (exact) mass is 328 g/mol. The lowest BCUT2D eigenvalue weighted by molar-refractivity contribution is -0.110. The van der Waals surface area contributed by atoms with Crippen molar-refractivity contribution in [3.05, 3.63) is 82.9 Å². The molecule has 112 valence electrons. The number of carbonyl (C=O) groups is 1. The minimum Gasteiger partial charge on any atom is -0.289 e. The van der Waals surface area contributed by atoms with Crippen molar-refractivity contribution in [2.75, 3.05) is 12.0 Å². The number of rotatable bonds is 6. The molecule has 0 radical (unpaired) electrons. The molecule has 0 amide bonds. The molecule has 2 aromatic rings. The SMILES string of the molecule is C=C(CSC)C(=O)/C(=C/c1ccc(Cl)cc1)c1ccccc1. The van der Waals surface area contributed by atoms with Gasteiger partial charge >= 0.3 is 0 Å². The fraction of sp³-hybridized carbons (Fsp3) is 0.105. The first kappa shape index (κ1) is 16.6. The van der Waals surface area contributed by atoms with E-state index in [9.17, 15) is 4.79 Å². The van der Waals surface area contributed by atoms with E-state index in [2.05, 4.69) is 6.58 Å². The molecule has 0 aliphatic heterocycles. The van der Waals surface area contributed by atoms with Crippen molar-refractivity contribution in [3.8, 4) is 0 Å². The summed E-state index contributed by atoms with van der Waals surface area (Å²) >= 11 is 7.51. The van der Waals surface area contributed by atoms with Gasteiger partial charge in [-0.2, -0.15) is 11.8 Å². The second-order valence-corrected chi connectivity index (χ2v) is 6.14. The zero-order chi connectivity index (χ0) is 15.9. The Hall–Kier alpha value is -1.77. The standard InChI is InChI=1S/C19H17ClOS/c1-14(13-22-2)19(21)18(16-6-4-3-5-7-16)12-15-8-10-17(20)11-9-15/h3-12H,1,13H2,2H3/b18-12+. The van der Waals surface area contributed by atoms with Crippen molar-refractivity contribution in [2.45, 2.75) is 0 Å². The first-order chi connectivity index (χ1) is 10.6. The van der Waals surface area contributed by atoms with Crippen LogP contribution in [0.4, 0.5) is 0 Å². The molecule has 0 saturated carbocycles. The van der Waals surface area contributed by atoms with Gasteiger partial charge in [0, 0.05) is 21.9 Å². The third-order valence-electron chi connectivity index (χ3n) is 3.15. The molecule has 0 atom stereocenters. The van der Waals surface area contributed by atoms with Crippen LogP contribution in [0.2, 0.25) is 5.02 Å². The molecule has 0 unspecified atom stereocenters. The zero-order valence-electron chi connectivity index (χ0n) is 12.4. The maximum Gasteiger partial charge on any atom is 0.189 e. The molecule has 0 N–H and O–H groups in total. The molecule has 0 spiro atoms.